The summed E-state index contributed by atoms with van der Waals surface area (Å²) in [6.45, 7) is 11.3. The zero-order valence-electron chi connectivity index (χ0n) is 22.7. The fraction of sp³-hybridized carbons (Fsp3) is 0.724. The number of hydrogen-bond donors (Lipinski definition) is 1. The van der Waals surface area contributed by atoms with Crippen LogP contribution in [-0.4, -0.2) is 32.3 Å². The third-order valence-corrected chi connectivity index (χ3v) is 7.50. The van der Waals surface area contributed by atoms with Gasteiger partial charge in [0.1, 0.15) is 10.6 Å². The summed E-state index contributed by atoms with van der Waals surface area (Å²) in [6, 6.07) is 4.81. The van der Waals surface area contributed by atoms with E-state index in [1.54, 1.807) is 32.9 Å². The Morgan fingerprint density at radius 1 is 0.857 bits per heavy atom. The highest BCUT2D eigenvalue weighted by molar-refractivity contribution is 7.87. The quantitative estimate of drug-likeness (QED) is 0.142. The van der Waals surface area contributed by atoms with Gasteiger partial charge in [-0.1, -0.05) is 103 Å². The van der Waals surface area contributed by atoms with Gasteiger partial charge in [-0.25, -0.2) is 0 Å². The van der Waals surface area contributed by atoms with E-state index < -0.39 is 15.7 Å². The maximum atomic E-state index is 12.9. The van der Waals surface area contributed by atoms with E-state index in [1.807, 2.05) is 0 Å². The summed E-state index contributed by atoms with van der Waals surface area (Å²) < 4.78 is 37.0. The Bertz CT molecular complexity index is 824. The smallest absolute Gasteiger partial charge is 0.301 e. The molecule has 0 bridgehead atoms. The average Bonchev–Trinajstić information content (AvgIpc) is 2.79. The van der Waals surface area contributed by atoms with E-state index in [0.717, 1.165) is 12.8 Å². The van der Waals surface area contributed by atoms with Crippen molar-refractivity contribution < 1.29 is 22.4 Å². The van der Waals surface area contributed by atoms with Gasteiger partial charge in [0, 0.05) is 0 Å². The van der Waals surface area contributed by atoms with Crippen molar-refractivity contribution in [3.63, 3.8) is 0 Å². The van der Waals surface area contributed by atoms with Crippen LogP contribution in [0.2, 0.25) is 0 Å². The monoisotopic (exact) mass is 510 g/mol. The molecule has 0 radical (unpaired) electrons. The molecule has 202 valence electrons. The third kappa shape index (κ3) is 14.1. The normalized spacial score (nSPS) is 12.1. The Kier molecular flexibility index (Phi) is 15.5. The van der Waals surface area contributed by atoms with Crippen LogP contribution in [0.25, 0.3) is 5.57 Å². The van der Waals surface area contributed by atoms with Gasteiger partial charge in [0.05, 0.1) is 18.8 Å². The molecular formula is C29H50O5S. The topological polar surface area (TPSA) is 72.8 Å². The van der Waals surface area contributed by atoms with Crippen LogP contribution in [-0.2, 0) is 14.3 Å². The van der Waals surface area contributed by atoms with Crippen molar-refractivity contribution >= 4 is 15.7 Å². The van der Waals surface area contributed by atoms with Crippen LogP contribution < -0.4 is 4.74 Å². The molecule has 1 aromatic carbocycles. The zero-order valence-corrected chi connectivity index (χ0v) is 23.6. The number of aliphatic hydroxyl groups is 1. The summed E-state index contributed by atoms with van der Waals surface area (Å²) in [6.07, 6.45) is 18.0. The summed E-state index contributed by atoms with van der Waals surface area (Å²) >= 11 is 0. The van der Waals surface area contributed by atoms with Crippen LogP contribution in [0.15, 0.2) is 29.7 Å². The van der Waals surface area contributed by atoms with E-state index in [1.165, 1.54) is 83.1 Å². The Hall–Kier alpha value is -1.37. The lowest BCUT2D eigenvalue weighted by atomic mass is 10.0. The molecule has 1 N–H and O–H groups in total. The van der Waals surface area contributed by atoms with Gasteiger partial charge in [-0.3, -0.25) is 4.18 Å². The lowest BCUT2D eigenvalue weighted by Gasteiger charge is -2.21. The second-order valence-corrected chi connectivity index (χ2v) is 12.0. The molecule has 0 amide bonds. The summed E-state index contributed by atoms with van der Waals surface area (Å²) in [5.41, 5.74) is 0.123. The van der Waals surface area contributed by atoms with E-state index >= 15 is 0 Å². The molecule has 6 heteroatoms. The highest BCUT2D eigenvalue weighted by atomic mass is 32.2. The van der Waals surface area contributed by atoms with Crippen LogP contribution in [0, 0.1) is 0 Å². The van der Waals surface area contributed by atoms with Gasteiger partial charge in [0.25, 0.3) is 0 Å². The number of rotatable bonds is 20. The molecule has 0 saturated carbocycles. The zero-order chi connectivity index (χ0) is 26.2. The number of hydrogen-bond acceptors (Lipinski definition) is 5. The lowest BCUT2D eigenvalue weighted by Crippen LogP contribution is -2.24. The van der Waals surface area contributed by atoms with Crippen molar-refractivity contribution in [2.45, 2.75) is 128 Å². The first kappa shape index (κ1) is 31.7. The fourth-order valence-electron chi connectivity index (χ4n) is 3.99. The molecule has 1 aromatic rings. The van der Waals surface area contributed by atoms with Crippen molar-refractivity contribution in [2.24, 2.45) is 0 Å². The van der Waals surface area contributed by atoms with E-state index in [0.29, 0.717) is 17.7 Å². The van der Waals surface area contributed by atoms with Crippen molar-refractivity contribution in [1.82, 2.24) is 0 Å². The third-order valence-electron chi connectivity index (χ3n) is 5.93. The first-order chi connectivity index (χ1) is 16.6. The summed E-state index contributed by atoms with van der Waals surface area (Å²) in [5, 5.41) is 9.38. The highest BCUT2D eigenvalue weighted by Crippen LogP contribution is 2.31. The number of benzene rings is 1. The highest BCUT2D eigenvalue weighted by Gasteiger charge is 2.28. The van der Waals surface area contributed by atoms with Gasteiger partial charge in [-0.2, -0.15) is 8.42 Å². The molecule has 0 fully saturated rings. The van der Waals surface area contributed by atoms with Gasteiger partial charge >= 0.3 is 10.1 Å². The first-order valence-electron chi connectivity index (χ1n) is 13.6. The van der Waals surface area contributed by atoms with Crippen LogP contribution in [0.1, 0.15) is 123 Å². The van der Waals surface area contributed by atoms with Crippen molar-refractivity contribution in [3.8, 4) is 5.75 Å². The predicted molar refractivity (Wildman–Crippen MR) is 146 cm³/mol. The standard InChI is InChI=1S/C29H50O5S/c1-6-7-8-9-10-11-12-13-14-15-16-17-18-19-22-33-27-21-20-26(25(2)24-30)23-28(27)35(31,32)34-29(3,4)5/h20-21,23,30H,2,6-19,22,24H2,1,3-5H3. The van der Waals surface area contributed by atoms with Gasteiger partial charge in [-0.05, 0) is 50.5 Å². The molecule has 35 heavy (non-hydrogen) atoms. The molecule has 0 unspecified atom stereocenters. The second-order valence-electron chi connectivity index (χ2n) is 10.5. The Morgan fingerprint density at radius 3 is 1.80 bits per heavy atom. The van der Waals surface area contributed by atoms with E-state index in [2.05, 4.69) is 13.5 Å². The molecule has 0 saturated heterocycles. The Balaban J connectivity index is 2.38. The molecule has 0 aliphatic rings. The summed E-state index contributed by atoms with van der Waals surface area (Å²) in [7, 11) is -4.03. The molecule has 0 spiro atoms. The molecule has 0 aliphatic heterocycles. The van der Waals surface area contributed by atoms with Crippen LogP contribution in [0.5, 0.6) is 5.75 Å². The Morgan fingerprint density at radius 2 is 1.34 bits per heavy atom. The average molecular weight is 511 g/mol. The van der Waals surface area contributed by atoms with Crippen LogP contribution in [0.3, 0.4) is 0 Å². The summed E-state index contributed by atoms with van der Waals surface area (Å²) in [4.78, 5) is -0.0233. The molecule has 0 heterocycles. The SMILES string of the molecule is C=C(CO)c1ccc(OCCCCCCCCCCCCCCCC)c(S(=O)(=O)OC(C)(C)C)c1. The predicted octanol–water partition coefficient (Wildman–Crippen LogP) is 8.06. The molecule has 5 nitrogen and oxygen atoms in total. The molecular weight excluding hydrogens is 460 g/mol. The van der Waals surface area contributed by atoms with Crippen molar-refractivity contribution in [3.05, 3.63) is 30.3 Å². The molecule has 0 atom stereocenters. The fourth-order valence-corrected chi connectivity index (χ4v) is 5.38. The van der Waals surface area contributed by atoms with Gasteiger partial charge < -0.3 is 9.84 Å². The molecule has 0 aliphatic carbocycles. The minimum atomic E-state index is -4.03. The van der Waals surface area contributed by atoms with E-state index in [9.17, 15) is 13.5 Å². The Labute approximate surface area is 215 Å². The van der Waals surface area contributed by atoms with Crippen LogP contribution >= 0.6 is 0 Å². The van der Waals surface area contributed by atoms with Crippen LogP contribution in [0.4, 0.5) is 0 Å². The van der Waals surface area contributed by atoms with Crippen molar-refractivity contribution in [2.75, 3.05) is 13.2 Å². The first-order valence-corrected chi connectivity index (χ1v) is 15.0. The number of ether oxygens (including phenoxy) is 1. The van der Waals surface area contributed by atoms with E-state index in [-0.39, 0.29) is 17.3 Å². The largest absolute Gasteiger partial charge is 0.492 e. The van der Waals surface area contributed by atoms with Gasteiger partial charge in [-0.15, -0.1) is 0 Å². The van der Waals surface area contributed by atoms with Gasteiger partial charge in [0.15, 0.2) is 0 Å². The summed E-state index contributed by atoms with van der Waals surface area (Å²) in [5.74, 6) is 0.276. The number of unbranched alkanes of at least 4 members (excludes halogenated alkanes) is 13. The number of aliphatic hydroxyl groups excluding tert-OH is 1. The lowest BCUT2D eigenvalue weighted by molar-refractivity contribution is 0.139. The van der Waals surface area contributed by atoms with Gasteiger partial charge in [0.2, 0.25) is 0 Å². The minimum absolute atomic E-state index is 0.0233. The molecule has 0 aromatic heterocycles. The van der Waals surface area contributed by atoms with E-state index in [4.69, 9.17) is 8.92 Å². The maximum Gasteiger partial charge on any atom is 0.301 e. The maximum absolute atomic E-state index is 12.9. The van der Waals surface area contributed by atoms with Crippen molar-refractivity contribution in [1.29, 1.82) is 0 Å². The molecule has 1 rings (SSSR count). The second kappa shape index (κ2) is 17.1. The minimum Gasteiger partial charge on any atom is -0.492 e.